The fourth-order valence-corrected chi connectivity index (χ4v) is 2.80. The van der Waals surface area contributed by atoms with E-state index in [1.54, 1.807) is 28.1 Å². The van der Waals surface area contributed by atoms with Crippen LogP contribution >= 0.6 is 0 Å². The average molecular weight is 323 g/mol. The van der Waals surface area contributed by atoms with Gasteiger partial charge in [-0.05, 0) is 44.4 Å². The molecule has 2 atom stereocenters. The Kier molecular flexibility index (Phi) is 4.75. The van der Waals surface area contributed by atoms with Crippen molar-refractivity contribution in [2.75, 3.05) is 20.8 Å². The topological polar surface area (TPSA) is 68.2 Å². The molecule has 1 aromatic carbocycles. The van der Waals surface area contributed by atoms with Gasteiger partial charge in [-0.3, -0.25) is 4.90 Å². The van der Waals surface area contributed by atoms with Gasteiger partial charge in [-0.25, -0.2) is 4.79 Å². The minimum Gasteiger partial charge on any atom is -0.493 e. The monoisotopic (exact) mass is 323 g/mol. The molecule has 1 aliphatic heterocycles. The van der Waals surface area contributed by atoms with Crippen LogP contribution in [-0.2, 0) is 11.2 Å². The number of aliphatic hydroxyl groups is 1. The molecular weight excluding hydrogens is 298 g/mol. The number of hydrogen-bond donors (Lipinski definition) is 1. The van der Waals surface area contributed by atoms with Crippen LogP contribution < -0.4 is 9.47 Å². The molecule has 2 rings (SSSR count). The van der Waals surface area contributed by atoms with E-state index in [-0.39, 0.29) is 0 Å². The predicted molar refractivity (Wildman–Crippen MR) is 85.8 cm³/mol. The Hall–Kier alpha value is -1.95. The summed E-state index contributed by atoms with van der Waals surface area (Å²) in [5.74, 6) is 1.29. The molecule has 1 fully saturated rings. The molecular formula is C17H25NO5. The van der Waals surface area contributed by atoms with Crippen LogP contribution in [0.4, 0.5) is 4.79 Å². The molecule has 0 spiro atoms. The number of hydrogen-bond acceptors (Lipinski definition) is 5. The Morgan fingerprint density at radius 3 is 2.39 bits per heavy atom. The molecule has 0 saturated carbocycles. The molecule has 0 radical (unpaired) electrons. The number of methoxy groups -OCH3 is 2. The first-order valence-corrected chi connectivity index (χ1v) is 7.73. The number of nitrogens with zero attached hydrogens (tertiary/aromatic N) is 1. The van der Waals surface area contributed by atoms with Crippen LogP contribution in [-0.4, -0.2) is 48.2 Å². The smallest absolute Gasteiger partial charge is 0.412 e. The van der Waals surface area contributed by atoms with Gasteiger partial charge >= 0.3 is 6.09 Å². The van der Waals surface area contributed by atoms with Crippen molar-refractivity contribution in [1.29, 1.82) is 0 Å². The molecule has 0 unspecified atom stereocenters. The molecule has 1 amide bonds. The van der Waals surface area contributed by atoms with E-state index in [0.29, 0.717) is 30.9 Å². The molecule has 0 bridgehead atoms. The van der Waals surface area contributed by atoms with Crippen molar-refractivity contribution in [2.24, 2.45) is 0 Å². The third kappa shape index (κ3) is 2.95. The lowest BCUT2D eigenvalue weighted by molar-refractivity contribution is -0.137. The molecule has 0 aliphatic carbocycles. The summed E-state index contributed by atoms with van der Waals surface area (Å²) in [6, 6.07) is 5.61. The lowest BCUT2D eigenvalue weighted by Crippen LogP contribution is -2.55. The summed E-state index contributed by atoms with van der Waals surface area (Å²) in [5.41, 5.74) is -1.26. The van der Waals surface area contributed by atoms with Crippen molar-refractivity contribution in [3.05, 3.63) is 23.8 Å². The molecule has 1 N–H and O–H groups in total. The van der Waals surface area contributed by atoms with E-state index in [4.69, 9.17) is 14.2 Å². The van der Waals surface area contributed by atoms with Crippen LogP contribution in [0.25, 0.3) is 0 Å². The zero-order valence-electron chi connectivity index (χ0n) is 14.4. The Labute approximate surface area is 136 Å². The molecule has 128 valence electrons. The first-order valence-electron chi connectivity index (χ1n) is 7.73. The van der Waals surface area contributed by atoms with Crippen molar-refractivity contribution in [3.8, 4) is 11.5 Å². The molecule has 6 nitrogen and oxygen atoms in total. The van der Waals surface area contributed by atoms with E-state index in [2.05, 4.69) is 0 Å². The molecule has 1 heterocycles. The van der Waals surface area contributed by atoms with Crippen molar-refractivity contribution < 1.29 is 24.1 Å². The maximum atomic E-state index is 12.1. The average Bonchev–Trinajstić information content (AvgIpc) is 2.70. The fourth-order valence-electron chi connectivity index (χ4n) is 2.80. The summed E-state index contributed by atoms with van der Waals surface area (Å²) in [5, 5.41) is 10.7. The highest BCUT2D eigenvalue weighted by molar-refractivity contribution is 5.72. The van der Waals surface area contributed by atoms with Gasteiger partial charge in [-0.2, -0.15) is 0 Å². The third-order valence-electron chi connectivity index (χ3n) is 4.81. The number of benzene rings is 1. The molecule has 0 aromatic heterocycles. The molecule has 23 heavy (non-hydrogen) atoms. The predicted octanol–water partition coefficient (Wildman–Crippen LogP) is 2.58. The van der Waals surface area contributed by atoms with Gasteiger partial charge in [0.25, 0.3) is 0 Å². The summed E-state index contributed by atoms with van der Waals surface area (Å²) < 4.78 is 15.9. The van der Waals surface area contributed by atoms with Crippen molar-refractivity contribution in [1.82, 2.24) is 4.90 Å². The second-order valence-electron chi connectivity index (χ2n) is 6.06. The van der Waals surface area contributed by atoms with Crippen LogP contribution in [0.3, 0.4) is 0 Å². The zero-order valence-corrected chi connectivity index (χ0v) is 14.4. The van der Waals surface area contributed by atoms with Gasteiger partial charge in [0.05, 0.1) is 14.2 Å². The zero-order chi connectivity index (χ0) is 17.3. The van der Waals surface area contributed by atoms with Crippen LogP contribution in [0.1, 0.15) is 32.8 Å². The maximum Gasteiger partial charge on any atom is 0.412 e. The Morgan fingerprint density at radius 2 is 1.87 bits per heavy atom. The maximum absolute atomic E-state index is 12.1. The Balaban J connectivity index is 2.13. The van der Waals surface area contributed by atoms with Gasteiger partial charge in [0.15, 0.2) is 22.8 Å². The normalized spacial score (nSPS) is 27.0. The quantitative estimate of drug-likeness (QED) is 0.871. The summed E-state index contributed by atoms with van der Waals surface area (Å²) in [4.78, 5) is 13.5. The molecule has 1 aliphatic rings. The summed E-state index contributed by atoms with van der Waals surface area (Å²) in [7, 11) is 3.16. The Bertz CT molecular complexity index is 586. The lowest BCUT2D eigenvalue weighted by Gasteiger charge is -2.36. The van der Waals surface area contributed by atoms with Crippen molar-refractivity contribution in [3.63, 3.8) is 0 Å². The second kappa shape index (κ2) is 6.28. The minimum absolute atomic E-state index is 0.358. The number of rotatable bonds is 6. The van der Waals surface area contributed by atoms with Gasteiger partial charge in [-0.1, -0.05) is 13.0 Å². The van der Waals surface area contributed by atoms with Gasteiger partial charge < -0.3 is 19.3 Å². The number of carbonyl (C=O) groups excluding carboxylic acids is 1. The van der Waals surface area contributed by atoms with Crippen LogP contribution in [0.15, 0.2) is 18.2 Å². The van der Waals surface area contributed by atoms with E-state index in [0.717, 1.165) is 5.56 Å². The highest BCUT2D eigenvalue weighted by Crippen LogP contribution is 2.39. The van der Waals surface area contributed by atoms with Crippen LogP contribution in [0, 0.1) is 0 Å². The molecule has 1 saturated heterocycles. The lowest BCUT2D eigenvalue weighted by atomic mass is 9.90. The summed E-state index contributed by atoms with van der Waals surface area (Å²) in [6.07, 6.45) is 0.629. The van der Waals surface area contributed by atoms with Crippen molar-refractivity contribution >= 4 is 6.09 Å². The molecule has 6 heteroatoms. The number of cyclic esters (lactones) is 1. The standard InChI is InChI=1S/C17H25NO5/c1-6-16(2)17(3,20)18(15(19)23-16)10-9-12-7-8-13(21-4)14(11-12)22-5/h7-8,11,20H,6,9-10H2,1-5H3/t16-,17-/m1/s1. The Morgan fingerprint density at radius 1 is 1.22 bits per heavy atom. The van der Waals surface area contributed by atoms with Crippen molar-refractivity contribution in [2.45, 2.75) is 44.9 Å². The van der Waals surface area contributed by atoms with Gasteiger partial charge in [-0.15, -0.1) is 0 Å². The SMILES string of the molecule is CC[C@@]1(C)OC(=O)N(CCc2ccc(OC)c(OC)c2)[C@]1(C)O. The number of ether oxygens (including phenoxy) is 3. The minimum atomic E-state index is -1.34. The highest BCUT2D eigenvalue weighted by Gasteiger charge is 2.57. The molecule has 1 aromatic rings. The van der Waals surface area contributed by atoms with Gasteiger partial charge in [0, 0.05) is 6.54 Å². The number of carbonyl (C=O) groups is 1. The van der Waals surface area contributed by atoms with E-state index in [9.17, 15) is 9.90 Å². The summed E-state index contributed by atoms with van der Waals surface area (Å²) >= 11 is 0. The van der Waals surface area contributed by atoms with E-state index in [1.165, 1.54) is 4.90 Å². The largest absolute Gasteiger partial charge is 0.493 e. The second-order valence-corrected chi connectivity index (χ2v) is 6.06. The summed E-state index contributed by atoms with van der Waals surface area (Å²) in [6.45, 7) is 5.62. The van der Waals surface area contributed by atoms with Gasteiger partial charge in [0.1, 0.15) is 0 Å². The first kappa shape index (κ1) is 17.4. The van der Waals surface area contributed by atoms with Crippen LogP contribution in [0.5, 0.6) is 11.5 Å². The third-order valence-corrected chi connectivity index (χ3v) is 4.81. The van der Waals surface area contributed by atoms with E-state index < -0.39 is 17.4 Å². The fraction of sp³-hybridized carbons (Fsp3) is 0.588. The van der Waals surface area contributed by atoms with E-state index in [1.807, 2.05) is 25.1 Å². The highest BCUT2D eigenvalue weighted by atomic mass is 16.6. The van der Waals surface area contributed by atoms with E-state index >= 15 is 0 Å². The number of amides is 1. The van der Waals surface area contributed by atoms with Crippen LogP contribution in [0.2, 0.25) is 0 Å². The first-order chi connectivity index (χ1) is 10.8. The van der Waals surface area contributed by atoms with Gasteiger partial charge in [0.2, 0.25) is 0 Å².